The zero-order valence-electron chi connectivity index (χ0n) is 13.2. The highest BCUT2D eigenvalue weighted by atomic mass is 19.4. The molecule has 0 aromatic carbocycles. The van der Waals surface area contributed by atoms with Gasteiger partial charge in [0.2, 0.25) is 5.91 Å². The second-order valence-corrected chi connectivity index (χ2v) is 7.25. The molecular weight excluding hydrogens is 299 g/mol. The van der Waals surface area contributed by atoms with E-state index >= 15 is 0 Å². The Balaban J connectivity index is 2.82. The molecule has 22 heavy (non-hydrogen) atoms. The van der Waals surface area contributed by atoms with Gasteiger partial charge in [-0.3, -0.25) is 9.59 Å². The molecule has 1 amide bonds. The number of carboxylic acid groups (broad SMARTS) is 1. The molecule has 1 aliphatic rings. The van der Waals surface area contributed by atoms with Gasteiger partial charge in [-0.1, -0.05) is 27.2 Å². The van der Waals surface area contributed by atoms with Crippen LogP contribution in [0.3, 0.4) is 0 Å². The number of nitrogens with zero attached hydrogens (tertiary/aromatic N) is 1. The Bertz CT molecular complexity index is 415. The van der Waals surface area contributed by atoms with E-state index < -0.39 is 36.4 Å². The molecule has 0 bridgehead atoms. The Labute approximate surface area is 128 Å². The van der Waals surface area contributed by atoms with Crippen molar-refractivity contribution in [2.24, 2.45) is 17.3 Å². The van der Waals surface area contributed by atoms with Crippen molar-refractivity contribution in [2.75, 3.05) is 13.1 Å². The Kier molecular flexibility index (Phi) is 5.87. The molecule has 128 valence electrons. The van der Waals surface area contributed by atoms with Crippen LogP contribution >= 0.6 is 0 Å². The van der Waals surface area contributed by atoms with E-state index in [2.05, 4.69) is 0 Å². The topological polar surface area (TPSA) is 57.6 Å². The molecule has 7 heteroatoms. The van der Waals surface area contributed by atoms with Gasteiger partial charge >= 0.3 is 12.1 Å². The van der Waals surface area contributed by atoms with E-state index in [0.717, 1.165) is 0 Å². The third-order valence-electron chi connectivity index (χ3n) is 3.79. The van der Waals surface area contributed by atoms with Crippen LogP contribution < -0.4 is 0 Å². The first kappa shape index (κ1) is 18.8. The lowest BCUT2D eigenvalue weighted by Crippen LogP contribution is -2.45. The molecule has 0 aliphatic heterocycles. The summed E-state index contributed by atoms with van der Waals surface area (Å²) in [6.07, 6.45) is -3.74. The van der Waals surface area contributed by atoms with Crippen LogP contribution in [0.4, 0.5) is 13.2 Å². The van der Waals surface area contributed by atoms with E-state index in [1.807, 2.05) is 20.8 Å². The molecule has 2 atom stereocenters. The third kappa shape index (κ3) is 5.85. The maximum Gasteiger partial charge on any atom is 0.391 e. The number of alkyl halides is 3. The van der Waals surface area contributed by atoms with Crippen molar-refractivity contribution in [2.45, 2.75) is 52.6 Å². The second-order valence-electron chi connectivity index (χ2n) is 7.25. The van der Waals surface area contributed by atoms with Crippen LogP contribution in [-0.2, 0) is 9.59 Å². The Morgan fingerprint density at radius 3 is 2.23 bits per heavy atom. The van der Waals surface area contributed by atoms with E-state index in [1.54, 1.807) is 0 Å². The van der Waals surface area contributed by atoms with Crippen LogP contribution in [-0.4, -0.2) is 41.1 Å². The van der Waals surface area contributed by atoms with Gasteiger partial charge in [-0.25, -0.2) is 0 Å². The predicted molar refractivity (Wildman–Crippen MR) is 75.2 cm³/mol. The molecule has 0 aromatic heterocycles. The summed E-state index contributed by atoms with van der Waals surface area (Å²) in [4.78, 5) is 24.6. The van der Waals surface area contributed by atoms with E-state index in [1.165, 1.54) is 4.90 Å². The molecule has 4 nitrogen and oxygen atoms in total. The van der Waals surface area contributed by atoms with E-state index in [9.17, 15) is 22.8 Å². The minimum absolute atomic E-state index is 0.0471. The summed E-state index contributed by atoms with van der Waals surface area (Å²) in [6.45, 7) is 5.31. The zero-order chi connectivity index (χ0) is 17.1. The van der Waals surface area contributed by atoms with Gasteiger partial charge in [0.1, 0.15) is 6.54 Å². The minimum Gasteiger partial charge on any atom is -0.480 e. The van der Waals surface area contributed by atoms with E-state index in [-0.39, 0.29) is 24.8 Å². The molecular formula is C15H24F3NO3. The van der Waals surface area contributed by atoms with Crippen molar-refractivity contribution < 1.29 is 27.9 Å². The maximum absolute atomic E-state index is 12.8. The van der Waals surface area contributed by atoms with Crippen LogP contribution in [0.1, 0.15) is 46.5 Å². The number of halogens is 3. The molecule has 0 saturated heterocycles. The standard InChI is InChI=1S/C15H24F3NO3/c1-14(2,3)9-19(8-12(20)21)13(22)10-5-4-6-11(7-10)15(16,17)18/h10-11H,4-9H2,1-3H3,(H,20,21). The van der Waals surface area contributed by atoms with Crippen molar-refractivity contribution in [3.05, 3.63) is 0 Å². The fourth-order valence-corrected chi connectivity index (χ4v) is 2.92. The lowest BCUT2D eigenvalue weighted by Gasteiger charge is -2.35. The molecule has 2 unspecified atom stereocenters. The van der Waals surface area contributed by atoms with Crippen LogP contribution in [0, 0.1) is 17.3 Å². The van der Waals surface area contributed by atoms with Crippen LogP contribution in [0.2, 0.25) is 0 Å². The fourth-order valence-electron chi connectivity index (χ4n) is 2.92. The van der Waals surface area contributed by atoms with Crippen molar-refractivity contribution in [3.8, 4) is 0 Å². The van der Waals surface area contributed by atoms with Crippen molar-refractivity contribution in [3.63, 3.8) is 0 Å². The number of hydrogen-bond donors (Lipinski definition) is 1. The van der Waals surface area contributed by atoms with Gasteiger partial charge in [-0.05, 0) is 24.7 Å². The van der Waals surface area contributed by atoms with Gasteiger partial charge < -0.3 is 10.0 Å². The third-order valence-corrected chi connectivity index (χ3v) is 3.79. The average Bonchev–Trinajstić information content (AvgIpc) is 2.34. The Morgan fingerprint density at radius 2 is 1.77 bits per heavy atom. The Morgan fingerprint density at radius 1 is 1.18 bits per heavy atom. The summed E-state index contributed by atoms with van der Waals surface area (Å²) in [5.74, 6) is -3.81. The summed E-state index contributed by atoms with van der Waals surface area (Å²) in [5.41, 5.74) is -0.316. The molecule has 0 aromatic rings. The average molecular weight is 323 g/mol. The number of carbonyl (C=O) groups is 2. The predicted octanol–water partition coefficient (Wildman–Crippen LogP) is 3.31. The summed E-state index contributed by atoms with van der Waals surface area (Å²) in [5, 5.41) is 8.94. The molecule has 0 spiro atoms. The quantitative estimate of drug-likeness (QED) is 0.863. The molecule has 1 saturated carbocycles. The smallest absolute Gasteiger partial charge is 0.391 e. The summed E-state index contributed by atoms with van der Waals surface area (Å²) < 4.78 is 38.5. The minimum atomic E-state index is -4.29. The lowest BCUT2D eigenvalue weighted by atomic mass is 9.80. The largest absolute Gasteiger partial charge is 0.480 e. The first-order valence-electron chi connectivity index (χ1n) is 7.47. The zero-order valence-corrected chi connectivity index (χ0v) is 13.2. The van der Waals surface area contributed by atoms with Crippen molar-refractivity contribution in [1.82, 2.24) is 4.90 Å². The molecule has 0 heterocycles. The van der Waals surface area contributed by atoms with Crippen LogP contribution in [0.5, 0.6) is 0 Å². The molecule has 0 radical (unpaired) electrons. The monoisotopic (exact) mass is 323 g/mol. The lowest BCUT2D eigenvalue weighted by molar-refractivity contribution is -0.187. The van der Waals surface area contributed by atoms with E-state index in [0.29, 0.717) is 12.8 Å². The van der Waals surface area contributed by atoms with Gasteiger partial charge in [0, 0.05) is 12.5 Å². The maximum atomic E-state index is 12.8. The highest BCUT2D eigenvalue weighted by Gasteiger charge is 2.44. The summed E-state index contributed by atoms with van der Waals surface area (Å²) >= 11 is 0. The van der Waals surface area contributed by atoms with Gasteiger partial charge in [-0.15, -0.1) is 0 Å². The van der Waals surface area contributed by atoms with Gasteiger partial charge in [-0.2, -0.15) is 13.2 Å². The van der Waals surface area contributed by atoms with Crippen molar-refractivity contribution in [1.29, 1.82) is 0 Å². The highest BCUT2D eigenvalue weighted by Crippen LogP contribution is 2.40. The summed E-state index contributed by atoms with van der Waals surface area (Å²) in [7, 11) is 0. The number of carboxylic acids is 1. The fraction of sp³-hybridized carbons (Fsp3) is 0.867. The summed E-state index contributed by atoms with van der Waals surface area (Å²) in [6, 6.07) is 0. The highest BCUT2D eigenvalue weighted by molar-refractivity contribution is 5.83. The van der Waals surface area contributed by atoms with Crippen LogP contribution in [0.15, 0.2) is 0 Å². The van der Waals surface area contributed by atoms with E-state index in [4.69, 9.17) is 5.11 Å². The molecule has 1 rings (SSSR count). The number of hydrogen-bond acceptors (Lipinski definition) is 2. The molecule has 1 N–H and O–H groups in total. The number of aliphatic carboxylic acids is 1. The number of amides is 1. The van der Waals surface area contributed by atoms with Gasteiger partial charge in [0.05, 0.1) is 5.92 Å². The first-order chi connectivity index (χ1) is 9.90. The van der Waals surface area contributed by atoms with Crippen LogP contribution in [0.25, 0.3) is 0 Å². The van der Waals surface area contributed by atoms with Gasteiger partial charge in [0.15, 0.2) is 0 Å². The molecule has 1 aliphatic carbocycles. The molecule has 1 fully saturated rings. The first-order valence-corrected chi connectivity index (χ1v) is 7.47. The SMILES string of the molecule is CC(C)(C)CN(CC(=O)O)C(=O)C1CCCC(C(F)(F)F)C1. The normalized spacial score (nSPS) is 23.2. The number of carbonyl (C=O) groups excluding carboxylic acids is 1. The Hall–Kier alpha value is -1.27. The number of rotatable bonds is 4. The van der Waals surface area contributed by atoms with Crippen molar-refractivity contribution >= 4 is 11.9 Å². The van der Waals surface area contributed by atoms with Gasteiger partial charge in [0.25, 0.3) is 0 Å². The second kappa shape index (κ2) is 6.87.